The molecule has 0 aromatic heterocycles. The Labute approximate surface area is 142 Å². The van der Waals surface area contributed by atoms with Gasteiger partial charge in [0.15, 0.2) is 0 Å². The van der Waals surface area contributed by atoms with Crippen LogP contribution in [0.5, 0.6) is 5.75 Å². The summed E-state index contributed by atoms with van der Waals surface area (Å²) >= 11 is 0. The van der Waals surface area contributed by atoms with Crippen molar-refractivity contribution in [1.29, 1.82) is 0 Å². The van der Waals surface area contributed by atoms with E-state index < -0.39 is 12.0 Å². The van der Waals surface area contributed by atoms with Crippen molar-refractivity contribution in [2.45, 2.75) is 45.2 Å². The Hall–Kier alpha value is -2.08. The maximum atomic E-state index is 12.1. The van der Waals surface area contributed by atoms with Gasteiger partial charge in [-0.25, -0.2) is 0 Å². The minimum Gasteiger partial charge on any atom is -0.494 e. The molecular formula is C18H26N2O4. The number of nitrogens with one attached hydrogen (secondary N) is 1. The lowest BCUT2D eigenvalue weighted by Crippen LogP contribution is -2.42. The Bertz CT molecular complexity index is 562. The monoisotopic (exact) mass is 334 g/mol. The fourth-order valence-corrected chi connectivity index (χ4v) is 2.82. The lowest BCUT2D eigenvalue weighted by atomic mass is 10.2. The highest BCUT2D eigenvalue weighted by atomic mass is 16.5. The molecule has 2 N–H and O–H groups in total. The summed E-state index contributed by atoms with van der Waals surface area (Å²) in [5.74, 6) is -0.196. The quantitative estimate of drug-likeness (QED) is 0.676. The summed E-state index contributed by atoms with van der Waals surface area (Å²) in [5.41, 5.74) is 0.966. The number of carboxylic acids is 1. The Morgan fingerprint density at radius 2 is 2.25 bits per heavy atom. The van der Waals surface area contributed by atoms with Gasteiger partial charge in [0.1, 0.15) is 11.8 Å². The third-order valence-electron chi connectivity index (χ3n) is 4.15. The number of unbranched alkanes of at least 4 members (excludes halogenated alkanes) is 1. The standard InChI is InChI=1S/C18H26N2O4/c1-2-3-10-24-15-7-4-6-14(11-15)12-19-17(21)13-20-9-5-8-16(20)18(22)23/h4,6-7,11,16H,2-3,5,8-10,12-13H2,1H3,(H,19,21)(H,22,23)/t16-/m1/s1. The molecule has 0 radical (unpaired) electrons. The van der Waals surface area contributed by atoms with Crippen molar-refractivity contribution in [1.82, 2.24) is 10.2 Å². The molecule has 24 heavy (non-hydrogen) atoms. The zero-order valence-electron chi connectivity index (χ0n) is 14.2. The van der Waals surface area contributed by atoms with Gasteiger partial charge in [-0.3, -0.25) is 14.5 Å². The Kier molecular flexibility index (Phi) is 7.06. The maximum absolute atomic E-state index is 12.1. The van der Waals surface area contributed by atoms with Gasteiger partial charge in [-0.2, -0.15) is 0 Å². The van der Waals surface area contributed by atoms with Gasteiger partial charge in [0.2, 0.25) is 5.91 Å². The largest absolute Gasteiger partial charge is 0.494 e. The van der Waals surface area contributed by atoms with Crippen molar-refractivity contribution in [3.63, 3.8) is 0 Å². The predicted octanol–water partition coefficient (Wildman–Crippen LogP) is 2.03. The van der Waals surface area contributed by atoms with Gasteiger partial charge in [0, 0.05) is 6.54 Å². The summed E-state index contributed by atoms with van der Waals surface area (Å²) in [6, 6.07) is 7.13. The van der Waals surface area contributed by atoms with Crippen LogP contribution in [-0.2, 0) is 16.1 Å². The number of amides is 1. The molecule has 2 rings (SSSR count). The second-order valence-corrected chi connectivity index (χ2v) is 6.09. The van der Waals surface area contributed by atoms with Gasteiger partial charge in [0.25, 0.3) is 0 Å². The van der Waals surface area contributed by atoms with E-state index in [-0.39, 0.29) is 12.5 Å². The molecule has 0 saturated carbocycles. The molecule has 6 nitrogen and oxygen atoms in total. The molecule has 0 aliphatic carbocycles. The first-order chi connectivity index (χ1) is 11.6. The molecule has 1 aromatic rings. The zero-order valence-corrected chi connectivity index (χ0v) is 14.2. The van der Waals surface area contributed by atoms with Crippen LogP contribution in [0.3, 0.4) is 0 Å². The summed E-state index contributed by atoms with van der Waals surface area (Å²) < 4.78 is 5.66. The molecule has 0 bridgehead atoms. The second kappa shape index (κ2) is 9.27. The van der Waals surface area contributed by atoms with Gasteiger partial charge in [0.05, 0.1) is 13.2 Å². The Morgan fingerprint density at radius 1 is 1.42 bits per heavy atom. The number of hydrogen-bond donors (Lipinski definition) is 2. The molecule has 1 heterocycles. The molecule has 1 aliphatic heterocycles. The molecule has 1 amide bonds. The first kappa shape index (κ1) is 18.3. The second-order valence-electron chi connectivity index (χ2n) is 6.09. The van der Waals surface area contributed by atoms with Crippen LogP contribution in [0, 0.1) is 0 Å². The summed E-state index contributed by atoms with van der Waals surface area (Å²) in [7, 11) is 0. The van der Waals surface area contributed by atoms with Crippen molar-refractivity contribution in [3.8, 4) is 5.75 Å². The number of hydrogen-bond acceptors (Lipinski definition) is 4. The van der Waals surface area contributed by atoms with E-state index in [1.807, 2.05) is 24.3 Å². The Balaban J connectivity index is 1.79. The predicted molar refractivity (Wildman–Crippen MR) is 90.9 cm³/mol. The Morgan fingerprint density at radius 3 is 3.00 bits per heavy atom. The number of rotatable bonds is 9. The van der Waals surface area contributed by atoms with Gasteiger partial charge in [-0.15, -0.1) is 0 Å². The fourth-order valence-electron chi connectivity index (χ4n) is 2.82. The molecule has 1 atom stereocenters. The van der Waals surface area contributed by atoms with Gasteiger partial charge < -0.3 is 15.2 Å². The van der Waals surface area contributed by atoms with Gasteiger partial charge >= 0.3 is 5.97 Å². The minimum absolute atomic E-state index is 0.129. The topological polar surface area (TPSA) is 78.9 Å². The highest BCUT2D eigenvalue weighted by molar-refractivity contribution is 5.80. The van der Waals surface area contributed by atoms with E-state index >= 15 is 0 Å². The lowest BCUT2D eigenvalue weighted by Gasteiger charge is -2.20. The van der Waals surface area contributed by atoms with E-state index in [1.165, 1.54) is 0 Å². The summed E-state index contributed by atoms with van der Waals surface area (Å²) in [6.45, 7) is 4.01. The third kappa shape index (κ3) is 5.53. The number of carbonyl (C=O) groups is 2. The van der Waals surface area contributed by atoms with E-state index in [0.29, 0.717) is 26.1 Å². The number of carbonyl (C=O) groups excluding carboxylic acids is 1. The first-order valence-corrected chi connectivity index (χ1v) is 8.55. The normalized spacial score (nSPS) is 17.6. The average molecular weight is 334 g/mol. The molecule has 1 saturated heterocycles. The number of ether oxygens (including phenoxy) is 1. The van der Waals surface area contributed by atoms with E-state index in [4.69, 9.17) is 9.84 Å². The van der Waals surface area contributed by atoms with Crippen LogP contribution in [-0.4, -0.2) is 47.6 Å². The van der Waals surface area contributed by atoms with Crippen LogP contribution in [0.1, 0.15) is 38.2 Å². The van der Waals surface area contributed by atoms with Crippen LogP contribution in [0.15, 0.2) is 24.3 Å². The van der Waals surface area contributed by atoms with E-state index in [0.717, 1.165) is 30.6 Å². The number of likely N-dealkylation sites (tertiary alicyclic amines) is 1. The smallest absolute Gasteiger partial charge is 0.320 e. The molecule has 132 valence electrons. The van der Waals surface area contributed by atoms with E-state index in [9.17, 15) is 9.59 Å². The molecule has 1 fully saturated rings. The van der Waals surface area contributed by atoms with Crippen molar-refractivity contribution >= 4 is 11.9 Å². The average Bonchev–Trinajstić information content (AvgIpc) is 3.02. The van der Waals surface area contributed by atoms with Crippen LogP contribution in [0.2, 0.25) is 0 Å². The van der Waals surface area contributed by atoms with Crippen LogP contribution in [0.25, 0.3) is 0 Å². The molecule has 0 spiro atoms. The minimum atomic E-state index is -0.850. The van der Waals surface area contributed by atoms with E-state index in [2.05, 4.69) is 12.2 Å². The molecule has 1 aliphatic rings. The number of carboxylic acid groups (broad SMARTS) is 1. The third-order valence-corrected chi connectivity index (χ3v) is 4.15. The van der Waals surface area contributed by atoms with Crippen LogP contribution < -0.4 is 10.1 Å². The molecule has 1 aromatic carbocycles. The molecule has 6 heteroatoms. The number of benzene rings is 1. The van der Waals surface area contributed by atoms with Crippen molar-refractivity contribution in [2.24, 2.45) is 0 Å². The number of nitrogens with zero attached hydrogens (tertiary/aromatic N) is 1. The SMILES string of the molecule is CCCCOc1cccc(CNC(=O)CN2CCC[C@@H]2C(=O)O)c1. The van der Waals surface area contributed by atoms with Crippen LogP contribution in [0.4, 0.5) is 0 Å². The maximum Gasteiger partial charge on any atom is 0.320 e. The lowest BCUT2D eigenvalue weighted by molar-refractivity contribution is -0.142. The van der Waals surface area contributed by atoms with Crippen molar-refractivity contribution in [3.05, 3.63) is 29.8 Å². The summed E-state index contributed by atoms with van der Waals surface area (Å²) in [5, 5.41) is 12.0. The molecule has 0 unspecified atom stereocenters. The summed E-state index contributed by atoms with van der Waals surface area (Å²) in [4.78, 5) is 24.9. The highest BCUT2D eigenvalue weighted by Gasteiger charge is 2.31. The summed E-state index contributed by atoms with van der Waals surface area (Å²) in [6.07, 6.45) is 3.53. The molecular weight excluding hydrogens is 308 g/mol. The fraction of sp³-hybridized carbons (Fsp3) is 0.556. The highest BCUT2D eigenvalue weighted by Crippen LogP contribution is 2.17. The van der Waals surface area contributed by atoms with Crippen molar-refractivity contribution in [2.75, 3.05) is 19.7 Å². The van der Waals surface area contributed by atoms with Crippen molar-refractivity contribution < 1.29 is 19.4 Å². The first-order valence-electron chi connectivity index (χ1n) is 8.55. The van der Waals surface area contributed by atoms with E-state index in [1.54, 1.807) is 4.90 Å². The van der Waals surface area contributed by atoms with Gasteiger partial charge in [-0.05, 0) is 43.5 Å². The van der Waals surface area contributed by atoms with Gasteiger partial charge in [-0.1, -0.05) is 25.5 Å². The van der Waals surface area contributed by atoms with Crippen LogP contribution >= 0.6 is 0 Å². The zero-order chi connectivity index (χ0) is 17.4. The number of aliphatic carboxylic acids is 1.